The van der Waals surface area contributed by atoms with Gasteiger partial charge in [0, 0.05) is 6.20 Å². The van der Waals surface area contributed by atoms with Crippen LogP contribution in [0.4, 0.5) is 26.3 Å². The quantitative estimate of drug-likeness (QED) is 0.515. The summed E-state index contributed by atoms with van der Waals surface area (Å²) < 4.78 is 73.6. The molecule has 0 aromatic carbocycles. The zero-order chi connectivity index (χ0) is 14.8. The van der Waals surface area contributed by atoms with Crippen LogP contribution in [0.1, 0.15) is 5.69 Å². The minimum absolute atomic E-state index is 0.706. The van der Waals surface area contributed by atoms with Gasteiger partial charge < -0.3 is 5.11 Å². The van der Waals surface area contributed by atoms with Crippen molar-refractivity contribution in [2.24, 2.45) is 0 Å². The first-order valence-electron chi connectivity index (χ1n) is 4.43. The van der Waals surface area contributed by atoms with Gasteiger partial charge in [-0.15, -0.1) is 0 Å². The zero-order valence-corrected chi connectivity index (χ0v) is 8.75. The molecule has 0 amide bonds. The van der Waals surface area contributed by atoms with Crippen molar-refractivity contribution in [1.82, 2.24) is 9.97 Å². The Kier molecular flexibility index (Phi) is 3.82. The highest BCUT2D eigenvalue weighted by Gasteiger charge is 2.52. The van der Waals surface area contributed by atoms with E-state index in [0.29, 0.717) is 6.33 Å². The number of halogens is 6. The van der Waals surface area contributed by atoms with Crippen LogP contribution in [0.15, 0.2) is 24.2 Å². The Labute approximate surface area is 101 Å². The molecule has 0 spiro atoms. The number of aliphatic hydroxyl groups excluding tert-OH is 1. The molecule has 104 valence electrons. The molecule has 1 rings (SSSR count). The van der Waals surface area contributed by atoms with Gasteiger partial charge >= 0.3 is 12.4 Å². The van der Waals surface area contributed by atoms with Crippen LogP contribution in [0, 0.1) is 0 Å². The van der Waals surface area contributed by atoms with Gasteiger partial charge in [0.1, 0.15) is 12.0 Å². The fraction of sp³-hybridized carbons (Fsp3) is 0.222. The van der Waals surface area contributed by atoms with Gasteiger partial charge in [0.2, 0.25) is 0 Å². The van der Waals surface area contributed by atoms with Crippen LogP contribution in [0.5, 0.6) is 0 Å². The molecule has 0 aliphatic rings. The third-order valence-corrected chi connectivity index (χ3v) is 1.83. The van der Waals surface area contributed by atoms with Gasteiger partial charge in [-0.3, -0.25) is 4.79 Å². The van der Waals surface area contributed by atoms with Crippen LogP contribution in [0.25, 0.3) is 5.76 Å². The van der Waals surface area contributed by atoms with Crippen LogP contribution in [-0.2, 0) is 4.79 Å². The maximum Gasteiger partial charge on any atom is 0.455 e. The normalized spacial score (nSPS) is 14.0. The summed E-state index contributed by atoms with van der Waals surface area (Å²) in [4.78, 5) is 17.2. The van der Waals surface area contributed by atoms with E-state index in [9.17, 15) is 36.2 Å². The summed E-state index contributed by atoms with van der Waals surface area (Å²) >= 11 is 0. The molecule has 0 saturated carbocycles. The Morgan fingerprint density at radius 1 is 1.11 bits per heavy atom. The van der Waals surface area contributed by atoms with E-state index in [2.05, 4.69) is 9.97 Å². The molecular weight excluding hydrogens is 282 g/mol. The Hall–Kier alpha value is -2.13. The number of aromatic nitrogens is 2. The van der Waals surface area contributed by atoms with Crippen LogP contribution < -0.4 is 0 Å². The smallest absolute Gasteiger partial charge is 0.455 e. The lowest BCUT2D eigenvalue weighted by molar-refractivity contribution is -0.175. The summed E-state index contributed by atoms with van der Waals surface area (Å²) in [5, 5.41) is 9.20. The number of carbonyl (C=O) groups excluding carboxylic acids is 1. The first kappa shape index (κ1) is 14.9. The number of Topliss-reactive ketones (excluding diaryl/α,β-unsaturated/α-hetero) is 1. The monoisotopic (exact) mass is 286 g/mol. The van der Waals surface area contributed by atoms with Gasteiger partial charge in [0.25, 0.3) is 5.78 Å². The van der Waals surface area contributed by atoms with Crippen molar-refractivity contribution < 1.29 is 36.2 Å². The van der Waals surface area contributed by atoms with E-state index in [-0.39, 0.29) is 0 Å². The highest BCUT2D eigenvalue weighted by molar-refractivity contribution is 6.05. The number of ketones is 1. The summed E-state index contributed by atoms with van der Waals surface area (Å²) in [6.45, 7) is 0. The van der Waals surface area contributed by atoms with E-state index in [4.69, 9.17) is 0 Å². The van der Waals surface area contributed by atoms with Gasteiger partial charge in [-0.1, -0.05) is 0 Å². The largest absolute Gasteiger partial charge is 0.505 e. The second-order valence-corrected chi connectivity index (χ2v) is 3.14. The fourth-order valence-electron chi connectivity index (χ4n) is 1.07. The number of allylic oxidation sites excluding steroid dienone is 1. The molecule has 0 unspecified atom stereocenters. The first-order chi connectivity index (χ1) is 8.55. The maximum atomic E-state index is 12.5. The number of nitrogens with zero attached hydrogens (tertiary/aromatic N) is 2. The van der Waals surface area contributed by atoms with Gasteiger partial charge in [-0.25, -0.2) is 9.97 Å². The van der Waals surface area contributed by atoms with E-state index < -0.39 is 35.2 Å². The van der Waals surface area contributed by atoms with E-state index >= 15 is 0 Å². The van der Waals surface area contributed by atoms with Crippen LogP contribution >= 0.6 is 0 Å². The standard InChI is InChI=1S/C9H4F6N2O2/c10-8(11,12)5(7(19)9(13,14)15)6(18)4-1-2-16-3-17-4/h1-3,18H. The van der Waals surface area contributed by atoms with Crippen molar-refractivity contribution in [3.63, 3.8) is 0 Å². The summed E-state index contributed by atoms with van der Waals surface area (Å²) in [7, 11) is 0. The average molecular weight is 286 g/mol. The number of hydrogen-bond donors (Lipinski definition) is 1. The molecule has 0 saturated heterocycles. The molecule has 0 atom stereocenters. The number of carbonyl (C=O) groups is 1. The van der Waals surface area contributed by atoms with Crippen molar-refractivity contribution in [2.75, 3.05) is 0 Å². The second kappa shape index (κ2) is 4.86. The van der Waals surface area contributed by atoms with Crippen molar-refractivity contribution in [3.8, 4) is 0 Å². The average Bonchev–Trinajstić information content (AvgIpc) is 2.27. The lowest BCUT2D eigenvalue weighted by atomic mass is 10.1. The van der Waals surface area contributed by atoms with Gasteiger partial charge in [-0.2, -0.15) is 26.3 Å². The SMILES string of the molecule is O=C(C(=C(O)c1ccncn1)C(F)(F)F)C(F)(F)F. The number of aliphatic hydroxyl groups is 1. The minimum atomic E-state index is -5.77. The number of rotatable bonds is 2. The van der Waals surface area contributed by atoms with Gasteiger partial charge in [0.15, 0.2) is 11.3 Å². The Balaban J connectivity index is 3.46. The number of hydrogen-bond acceptors (Lipinski definition) is 4. The van der Waals surface area contributed by atoms with E-state index in [1.807, 2.05) is 0 Å². The van der Waals surface area contributed by atoms with Crippen LogP contribution in [-0.4, -0.2) is 33.2 Å². The summed E-state index contributed by atoms with van der Waals surface area (Å²) in [6, 6.07) is 0.727. The summed E-state index contributed by atoms with van der Waals surface area (Å²) in [5.74, 6) is -5.10. The topological polar surface area (TPSA) is 63.1 Å². The van der Waals surface area contributed by atoms with E-state index in [1.165, 1.54) is 0 Å². The van der Waals surface area contributed by atoms with Crippen LogP contribution in [0.2, 0.25) is 0 Å². The molecule has 4 nitrogen and oxygen atoms in total. The van der Waals surface area contributed by atoms with Crippen molar-refractivity contribution in [2.45, 2.75) is 12.4 Å². The maximum absolute atomic E-state index is 12.5. The lowest BCUT2D eigenvalue weighted by Gasteiger charge is -2.14. The molecule has 10 heteroatoms. The molecule has 0 aliphatic heterocycles. The second-order valence-electron chi connectivity index (χ2n) is 3.14. The third-order valence-electron chi connectivity index (χ3n) is 1.83. The molecule has 1 aromatic rings. The molecular formula is C9H4F6N2O2. The molecule has 0 aliphatic carbocycles. The zero-order valence-electron chi connectivity index (χ0n) is 8.75. The van der Waals surface area contributed by atoms with Crippen molar-refractivity contribution >= 4 is 11.5 Å². The van der Waals surface area contributed by atoms with E-state index in [1.54, 1.807) is 0 Å². The molecule has 0 bridgehead atoms. The molecule has 1 N–H and O–H groups in total. The van der Waals surface area contributed by atoms with Gasteiger partial charge in [-0.05, 0) is 6.07 Å². The summed E-state index contributed by atoms with van der Waals surface area (Å²) in [6.07, 6.45) is -9.85. The third kappa shape index (κ3) is 3.42. The summed E-state index contributed by atoms with van der Waals surface area (Å²) in [5.41, 5.74) is -3.57. The minimum Gasteiger partial charge on any atom is -0.505 e. The lowest BCUT2D eigenvalue weighted by Crippen LogP contribution is -2.32. The Morgan fingerprint density at radius 3 is 2.05 bits per heavy atom. The van der Waals surface area contributed by atoms with Crippen LogP contribution in [0.3, 0.4) is 0 Å². The number of alkyl halides is 6. The van der Waals surface area contributed by atoms with Gasteiger partial charge in [0.05, 0.1) is 0 Å². The molecule has 1 aromatic heterocycles. The highest BCUT2D eigenvalue weighted by atomic mass is 19.4. The molecule has 19 heavy (non-hydrogen) atoms. The van der Waals surface area contributed by atoms with Crippen molar-refractivity contribution in [3.05, 3.63) is 29.9 Å². The predicted molar refractivity (Wildman–Crippen MR) is 48.7 cm³/mol. The highest BCUT2D eigenvalue weighted by Crippen LogP contribution is 2.36. The molecule has 0 radical (unpaired) electrons. The van der Waals surface area contributed by atoms with Crippen molar-refractivity contribution in [1.29, 1.82) is 0 Å². The molecule has 0 fully saturated rings. The Bertz CT molecular complexity index is 506. The van der Waals surface area contributed by atoms with E-state index in [0.717, 1.165) is 12.3 Å². The predicted octanol–water partition coefficient (Wildman–Crippen LogP) is 2.44. The first-order valence-corrected chi connectivity index (χ1v) is 4.43. The fourth-order valence-corrected chi connectivity index (χ4v) is 1.07. The molecule has 1 heterocycles. The Morgan fingerprint density at radius 2 is 1.68 bits per heavy atom.